The molecule has 4 heteroatoms. The van der Waals surface area contributed by atoms with Gasteiger partial charge < -0.3 is 14.4 Å². The molecule has 0 aliphatic carbocycles. The van der Waals surface area contributed by atoms with E-state index in [9.17, 15) is 4.79 Å². The number of ether oxygens (including phenoxy) is 2. The van der Waals surface area contributed by atoms with Crippen LogP contribution in [0.2, 0.25) is 0 Å². The minimum absolute atomic E-state index is 0.340. The quantitative estimate of drug-likeness (QED) is 0.478. The predicted octanol–water partition coefficient (Wildman–Crippen LogP) is 0.743. The maximum absolute atomic E-state index is 11.3. The zero-order valence-electron chi connectivity index (χ0n) is 7.91. The van der Waals surface area contributed by atoms with Gasteiger partial charge in [0, 0.05) is 6.54 Å². The van der Waals surface area contributed by atoms with Crippen molar-refractivity contribution in [3.05, 3.63) is 12.3 Å². The minimum atomic E-state index is -0.340. The van der Waals surface area contributed by atoms with Gasteiger partial charge in [0.25, 0.3) is 0 Å². The first-order chi connectivity index (χ1) is 6.25. The highest BCUT2D eigenvalue weighted by Crippen LogP contribution is 2.08. The molecule has 74 valence electrons. The third-order valence-corrected chi connectivity index (χ3v) is 1.81. The Bertz CT molecular complexity index is 197. The van der Waals surface area contributed by atoms with Gasteiger partial charge in [0.05, 0.1) is 13.2 Å². The van der Waals surface area contributed by atoms with Crippen molar-refractivity contribution in [3.63, 3.8) is 0 Å². The lowest BCUT2D eigenvalue weighted by atomic mass is 10.4. The van der Waals surface area contributed by atoms with Gasteiger partial charge in [0.2, 0.25) is 0 Å². The van der Waals surface area contributed by atoms with Crippen LogP contribution in [0.15, 0.2) is 12.3 Å². The van der Waals surface area contributed by atoms with Crippen LogP contribution in [0.5, 0.6) is 0 Å². The van der Waals surface area contributed by atoms with Crippen molar-refractivity contribution in [1.82, 2.24) is 4.90 Å². The maximum Gasteiger partial charge on any atom is 0.354 e. The van der Waals surface area contributed by atoms with E-state index >= 15 is 0 Å². The van der Waals surface area contributed by atoms with E-state index < -0.39 is 0 Å². The van der Waals surface area contributed by atoms with E-state index in [2.05, 4.69) is 6.58 Å². The molecule has 0 N–H and O–H groups in total. The molecule has 1 fully saturated rings. The van der Waals surface area contributed by atoms with E-state index in [1.807, 2.05) is 6.92 Å². The Morgan fingerprint density at radius 3 is 3.00 bits per heavy atom. The number of carbonyl (C=O) groups excluding carboxylic acids is 1. The monoisotopic (exact) mass is 185 g/mol. The van der Waals surface area contributed by atoms with Crippen LogP contribution in [-0.4, -0.2) is 37.4 Å². The van der Waals surface area contributed by atoms with Crippen molar-refractivity contribution in [2.45, 2.75) is 13.3 Å². The first-order valence-electron chi connectivity index (χ1n) is 4.44. The summed E-state index contributed by atoms with van der Waals surface area (Å²) in [5.41, 5.74) is 0.394. The molecule has 1 aliphatic heterocycles. The van der Waals surface area contributed by atoms with Gasteiger partial charge >= 0.3 is 5.97 Å². The van der Waals surface area contributed by atoms with Gasteiger partial charge in [-0.25, -0.2) is 4.79 Å². The molecule has 1 saturated heterocycles. The molecule has 1 rings (SSSR count). The molecule has 0 unspecified atom stereocenters. The number of rotatable bonds is 4. The minimum Gasteiger partial charge on any atom is -0.461 e. The number of carbonyl (C=O) groups is 1. The Morgan fingerprint density at radius 2 is 2.46 bits per heavy atom. The normalized spacial score (nSPS) is 15.9. The summed E-state index contributed by atoms with van der Waals surface area (Å²) < 4.78 is 10.0. The van der Waals surface area contributed by atoms with Crippen molar-refractivity contribution in [3.8, 4) is 0 Å². The van der Waals surface area contributed by atoms with Crippen molar-refractivity contribution in [2.75, 3.05) is 26.5 Å². The fourth-order valence-electron chi connectivity index (χ4n) is 1.03. The smallest absolute Gasteiger partial charge is 0.354 e. The highest BCUT2D eigenvalue weighted by molar-refractivity contribution is 5.87. The van der Waals surface area contributed by atoms with Gasteiger partial charge in [-0.1, -0.05) is 13.5 Å². The Balaban J connectivity index is 2.32. The van der Waals surface area contributed by atoms with Gasteiger partial charge in [0.1, 0.15) is 12.4 Å². The lowest BCUT2D eigenvalue weighted by Crippen LogP contribution is -2.25. The van der Waals surface area contributed by atoms with Crippen molar-refractivity contribution in [2.24, 2.45) is 0 Å². The van der Waals surface area contributed by atoms with Gasteiger partial charge in [-0.15, -0.1) is 0 Å². The van der Waals surface area contributed by atoms with Crippen LogP contribution in [0.25, 0.3) is 0 Å². The second-order valence-corrected chi connectivity index (χ2v) is 2.88. The second kappa shape index (κ2) is 4.87. The first kappa shape index (κ1) is 10.1. The zero-order chi connectivity index (χ0) is 9.68. The van der Waals surface area contributed by atoms with E-state index in [1.54, 1.807) is 4.90 Å². The molecule has 13 heavy (non-hydrogen) atoms. The lowest BCUT2D eigenvalue weighted by Gasteiger charge is -2.16. The fraction of sp³-hybridized carbons (Fsp3) is 0.667. The Morgan fingerprint density at radius 1 is 1.69 bits per heavy atom. The largest absolute Gasteiger partial charge is 0.461 e. The van der Waals surface area contributed by atoms with Gasteiger partial charge in [-0.3, -0.25) is 0 Å². The summed E-state index contributed by atoms with van der Waals surface area (Å²) in [6.45, 7) is 7.88. The van der Waals surface area contributed by atoms with E-state index in [0.29, 0.717) is 25.6 Å². The first-order valence-corrected chi connectivity index (χ1v) is 4.44. The zero-order valence-corrected chi connectivity index (χ0v) is 7.91. The van der Waals surface area contributed by atoms with Crippen molar-refractivity contribution in [1.29, 1.82) is 0 Å². The molecule has 1 aliphatic rings. The second-order valence-electron chi connectivity index (χ2n) is 2.88. The van der Waals surface area contributed by atoms with Crippen LogP contribution in [0.1, 0.15) is 13.3 Å². The van der Waals surface area contributed by atoms with E-state index in [1.165, 1.54) is 0 Å². The molecule has 0 amide bonds. The summed E-state index contributed by atoms with van der Waals surface area (Å²) >= 11 is 0. The Labute approximate surface area is 78.1 Å². The van der Waals surface area contributed by atoms with Gasteiger partial charge in [-0.2, -0.15) is 0 Å². The van der Waals surface area contributed by atoms with Crippen LogP contribution >= 0.6 is 0 Å². The van der Waals surface area contributed by atoms with Crippen molar-refractivity contribution < 1.29 is 14.3 Å². The summed E-state index contributed by atoms with van der Waals surface area (Å²) in [5, 5.41) is 0. The average Bonchev–Trinajstić information content (AvgIpc) is 2.65. The van der Waals surface area contributed by atoms with Crippen LogP contribution in [0.4, 0.5) is 0 Å². The molecule has 4 nitrogen and oxygen atoms in total. The van der Waals surface area contributed by atoms with E-state index in [0.717, 1.165) is 13.0 Å². The van der Waals surface area contributed by atoms with Gasteiger partial charge in [-0.05, 0) is 6.42 Å². The van der Waals surface area contributed by atoms with Crippen LogP contribution in [0, 0.1) is 0 Å². The molecular weight excluding hydrogens is 170 g/mol. The molecule has 0 radical (unpaired) electrons. The van der Waals surface area contributed by atoms with E-state index in [4.69, 9.17) is 9.47 Å². The molecule has 0 atom stereocenters. The molecule has 0 spiro atoms. The SMILES string of the molecule is C=C(C(=O)OCCC)N1CCOC1. The lowest BCUT2D eigenvalue weighted by molar-refractivity contribution is -0.141. The topological polar surface area (TPSA) is 38.8 Å². The van der Waals surface area contributed by atoms with E-state index in [-0.39, 0.29) is 5.97 Å². The number of hydrogen-bond donors (Lipinski definition) is 0. The maximum atomic E-state index is 11.3. The molecule has 0 aromatic rings. The van der Waals surface area contributed by atoms with Crippen LogP contribution in [0.3, 0.4) is 0 Å². The van der Waals surface area contributed by atoms with Crippen LogP contribution < -0.4 is 0 Å². The highest BCUT2D eigenvalue weighted by atomic mass is 16.5. The summed E-state index contributed by atoms with van der Waals surface area (Å²) in [6, 6.07) is 0. The standard InChI is InChI=1S/C9H15NO3/c1-3-5-13-9(11)8(2)10-4-6-12-7-10/h2-7H2,1H3. The van der Waals surface area contributed by atoms with Crippen molar-refractivity contribution >= 4 is 5.97 Å². The third kappa shape index (κ3) is 2.73. The highest BCUT2D eigenvalue weighted by Gasteiger charge is 2.19. The molecule has 1 heterocycles. The third-order valence-electron chi connectivity index (χ3n) is 1.81. The number of esters is 1. The summed E-state index contributed by atoms with van der Waals surface area (Å²) in [4.78, 5) is 13.0. The van der Waals surface area contributed by atoms with Crippen LogP contribution in [-0.2, 0) is 14.3 Å². The molecular formula is C9H15NO3. The molecule has 0 aromatic heterocycles. The molecule has 0 aromatic carbocycles. The Hall–Kier alpha value is -1.03. The molecule has 0 bridgehead atoms. The number of hydrogen-bond acceptors (Lipinski definition) is 4. The molecule has 0 saturated carbocycles. The summed E-state index contributed by atoms with van der Waals surface area (Å²) in [6.07, 6.45) is 0.829. The Kier molecular flexibility index (Phi) is 3.76. The number of nitrogens with zero attached hydrogens (tertiary/aromatic N) is 1. The van der Waals surface area contributed by atoms with Gasteiger partial charge in [0.15, 0.2) is 0 Å². The summed E-state index contributed by atoms with van der Waals surface area (Å²) in [7, 11) is 0. The fourth-order valence-corrected chi connectivity index (χ4v) is 1.03. The average molecular weight is 185 g/mol. The summed E-state index contributed by atoms with van der Waals surface area (Å²) in [5.74, 6) is -0.340. The predicted molar refractivity (Wildman–Crippen MR) is 47.9 cm³/mol.